The van der Waals surface area contributed by atoms with Crippen LogP contribution in [-0.4, -0.2) is 23.3 Å². The lowest BCUT2D eigenvalue weighted by molar-refractivity contribution is -0.137. The molecule has 0 fully saturated rings. The van der Waals surface area contributed by atoms with Crippen molar-refractivity contribution in [2.24, 2.45) is 0 Å². The van der Waals surface area contributed by atoms with E-state index in [1.807, 2.05) is 6.92 Å². The third-order valence-corrected chi connectivity index (χ3v) is 4.63. The predicted octanol–water partition coefficient (Wildman–Crippen LogP) is 4.21. The number of ether oxygens (including phenoxy) is 1. The fraction of sp³-hybridized carbons (Fsp3) is 0.130. The van der Waals surface area contributed by atoms with E-state index in [4.69, 9.17) is 9.15 Å². The van der Waals surface area contributed by atoms with Crippen molar-refractivity contribution in [3.05, 3.63) is 89.8 Å². The predicted molar refractivity (Wildman–Crippen MR) is 109 cm³/mol. The maximum absolute atomic E-state index is 13.3. The van der Waals surface area contributed by atoms with Gasteiger partial charge in [-0.05, 0) is 61.0 Å². The number of nitrogens with one attached hydrogen (secondary N) is 1. The quantitative estimate of drug-likeness (QED) is 0.595. The lowest BCUT2D eigenvalue weighted by atomic mass is 10.0. The van der Waals surface area contributed by atoms with Crippen molar-refractivity contribution in [1.82, 2.24) is 4.90 Å². The van der Waals surface area contributed by atoms with Crippen LogP contribution < -0.4 is 10.1 Å². The smallest absolute Gasteiger partial charge is 0.278 e. The number of hydrogen-bond donors (Lipinski definition) is 1. The lowest BCUT2D eigenvalue weighted by Crippen LogP contribution is -2.31. The standard InChI is InChI=1S/C23H19FN2O4/c1-2-29-18-11-5-15(6-12-18)20-21(25-17-9-7-16(24)8-10-17)23(28)26(22(20)27)14-19-4-3-13-30-19/h3-13,25H,2,14H2,1H3. The summed E-state index contributed by atoms with van der Waals surface area (Å²) in [5.41, 5.74) is 1.43. The Kier molecular flexibility index (Phi) is 5.34. The van der Waals surface area contributed by atoms with E-state index in [1.165, 1.54) is 30.5 Å². The number of benzene rings is 2. The van der Waals surface area contributed by atoms with Gasteiger partial charge in [0.25, 0.3) is 11.8 Å². The monoisotopic (exact) mass is 406 g/mol. The second-order valence-corrected chi connectivity index (χ2v) is 6.62. The molecule has 7 heteroatoms. The Morgan fingerprint density at radius 1 is 1.00 bits per heavy atom. The molecular formula is C23H19FN2O4. The molecule has 0 saturated carbocycles. The van der Waals surface area contributed by atoms with Gasteiger partial charge in [0, 0.05) is 5.69 Å². The highest BCUT2D eigenvalue weighted by Crippen LogP contribution is 2.32. The van der Waals surface area contributed by atoms with Gasteiger partial charge in [0.2, 0.25) is 0 Å². The number of nitrogens with zero attached hydrogens (tertiary/aromatic N) is 1. The van der Waals surface area contributed by atoms with E-state index >= 15 is 0 Å². The third-order valence-electron chi connectivity index (χ3n) is 4.63. The van der Waals surface area contributed by atoms with E-state index < -0.39 is 17.6 Å². The first-order valence-corrected chi connectivity index (χ1v) is 9.45. The van der Waals surface area contributed by atoms with Crippen LogP contribution in [-0.2, 0) is 16.1 Å². The normalized spacial score (nSPS) is 13.9. The van der Waals surface area contributed by atoms with Crippen molar-refractivity contribution >= 4 is 23.1 Å². The number of carbonyl (C=O) groups is 2. The zero-order valence-electron chi connectivity index (χ0n) is 16.2. The molecule has 4 rings (SSSR count). The molecule has 0 aliphatic carbocycles. The average Bonchev–Trinajstić information content (AvgIpc) is 3.34. The molecule has 0 bridgehead atoms. The van der Waals surface area contributed by atoms with Crippen LogP contribution in [0, 0.1) is 5.82 Å². The van der Waals surface area contributed by atoms with Crippen LogP contribution in [0.1, 0.15) is 18.2 Å². The Labute approximate surface area is 172 Å². The van der Waals surface area contributed by atoms with E-state index in [1.54, 1.807) is 36.4 Å². The van der Waals surface area contributed by atoms with Gasteiger partial charge in [0.1, 0.15) is 23.0 Å². The van der Waals surface area contributed by atoms with Crippen LogP contribution in [0.3, 0.4) is 0 Å². The molecule has 0 saturated heterocycles. The van der Waals surface area contributed by atoms with Gasteiger partial charge in [-0.25, -0.2) is 4.39 Å². The molecule has 6 nitrogen and oxygen atoms in total. The summed E-state index contributed by atoms with van der Waals surface area (Å²) < 4.78 is 24.0. The highest BCUT2D eigenvalue weighted by atomic mass is 19.1. The Morgan fingerprint density at radius 3 is 2.37 bits per heavy atom. The number of anilines is 1. The first-order valence-electron chi connectivity index (χ1n) is 9.45. The minimum absolute atomic E-state index is 0.0137. The van der Waals surface area contributed by atoms with Crippen molar-refractivity contribution in [2.75, 3.05) is 11.9 Å². The zero-order chi connectivity index (χ0) is 21.1. The van der Waals surface area contributed by atoms with Crippen molar-refractivity contribution in [3.8, 4) is 5.75 Å². The number of furan rings is 1. The summed E-state index contributed by atoms with van der Waals surface area (Å²) >= 11 is 0. The highest BCUT2D eigenvalue weighted by Gasteiger charge is 2.39. The number of carbonyl (C=O) groups excluding carboxylic acids is 2. The van der Waals surface area contributed by atoms with E-state index in [0.717, 1.165) is 4.90 Å². The minimum Gasteiger partial charge on any atom is -0.494 e. The molecule has 1 aromatic heterocycles. The summed E-state index contributed by atoms with van der Waals surface area (Å²) in [4.78, 5) is 27.4. The molecule has 30 heavy (non-hydrogen) atoms. The maximum Gasteiger partial charge on any atom is 0.278 e. The SMILES string of the molecule is CCOc1ccc(C2=C(Nc3ccc(F)cc3)C(=O)N(Cc3ccco3)C2=O)cc1. The van der Waals surface area contributed by atoms with Gasteiger partial charge in [0.05, 0.1) is 25.0 Å². The third kappa shape index (κ3) is 3.82. The second-order valence-electron chi connectivity index (χ2n) is 6.62. The van der Waals surface area contributed by atoms with Crippen molar-refractivity contribution in [3.63, 3.8) is 0 Å². The molecule has 152 valence electrons. The summed E-state index contributed by atoms with van der Waals surface area (Å²) in [5, 5.41) is 2.99. The molecular weight excluding hydrogens is 387 g/mol. The fourth-order valence-electron chi connectivity index (χ4n) is 3.22. The van der Waals surface area contributed by atoms with Crippen molar-refractivity contribution in [2.45, 2.75) is 13.5 Å². The van der Waals surface area contributed by atoms with Crippen LogP contribution in [0.25, 0.3) is 5.57 Å². The molecule has 0 spiro atoms. The van der Waals surface area contributed by atoms with Gasteiger partial charge in [0.15, 0.2) is 0 Å². The largest absolute Gasteiger partial charge is 0.494 e. The minimum atomic E-state index is -0.482. The van der Waals surface area contributed by atoms with E-state index in [2.05, 4.69) is 5.32 Å². The number of rotatable bonds is 7. The second kappa shape index (κ2) is 8.24. The molecule has 1 aliphatic heterocycles. The van der Waals surface area contributed by atoms with Crippen molar-refractivity contribution < 1.29 is 23.1 Å². The molecule has 1 N–H and O–H groups in total. The van der Waals surface area contributed by atoms with E-state index in [0.29, 0.717) is 29.4 Å². The van der Waals surface area contributed by atoms with Crippen LogP contribution in [0.5, 0.6) is 5.75 Å². The number of hydrogen-bond acceptors (Lipinski definition) is 5. The molecule has 0 unspecified atom stereocenters. The Morgan fingerprint density at radius 2 is 1.73 bits per heavy atom. The maximum atomic E-state index is 13.3. The molecule has 0 radical (unpaired) electrons. The van der Waals surface area contributed by atoms with Crippen molar-refractivity contribution in [1.29, 1.82) is 0 Å². The first-order chi connectivity index (χ1) is 14.6. The number of imide groups is 1. The van der Waals surface area contributed by atoms with Gasteiger partial charge in [-0.3, -0.25) is 14.5 Å². The summed E-state index contributed by atoms with van der Waals surface area (Å²) in [6, 6.07) is 15.9. The molecule has 1 aliphatic rings. The number of amides is 2. The molecule has 0 atom stereocenters. The summed E-state index contributed by atoms with van der Waals surface area (Å²) in [7, 11) is 0. The van der Waals surface area contributed by atoms with Gasteiger partial charge < -0.3 is 14.5 Å². The summed E-state index contributed by atoms with van der Waals surface area (Å²) in [6.45, 7) is 2.42. The molecule has 2 heterocycles. The van der Waals surface area contributed by atoms with E-state index in [-0.39, 0.29) is 17.8 Å². The van der Waals surface area contributed by atoms with E-state index in [9.17, 15) is 14.0 Å². The zero-order valence-corrected chi connectivity index (χ0v) is 16.2. The topological polar surface area (TPSA) is 71.8 Å². The summed E-state index contributed by atoms with van der Waals surface area (Å²) in [5.74, 6) is -0.158. The van der Waals surface area contributed by atoms with Gasteiger partial charge in [-0.1, -0.05) is 12.1 Å². The van der Waals surface area contributed by atoms with Gasteiger partial charge in [-0.15, -0.1) is 0 Å². The fourth-order valence-corrected chi connectivity index (χ4v) is 3.22. The lowest BCUT2D eigenvalue weighted by Gasteiger charge is -2.13. The van der Waals surface area contributed by atoms with Gasteiger partial charge in [-0.2, -0.15) is 0 Å². The van der Waals surface area contributed by atoms with Crippen LogP contribution in [0.15, 0.2) is 77.0 Å². The molecule has 3 aromatic rings. The van der Waals surface area contributed by atoms with Gasteiger partial charge >= 0.3 is 0 Å². The van der Waals surface area contributed by atoms with Crippen LogP contribution in [0.4, 0.5) is 10.1 Å². The Hall–Kier alpha value is -3.87. The van der Waals surface area contributed by atoms with Crippen LogP contribution >= 0.6 is 0 Å². The Balaban J connectivity index is 1.72. The first kappa shape index (κ1) is 19.4. The molecule has 2 aromatic carbocycles. The molecule has 2 amide bonds. The highest BCUT2D eigenvalue weighted by molar-refractivity contribution is 6.36. The Bertz CT molecular complexity index is 1090. The summed E-state index contributed by atoms with van der Waals surface area (Å²) in [6.07, 6.45) is 1.48. The average molecular weight is 406 g/mol. The van der Waals surface area contributed by atoms with Crippen LogP contribution in [0.2, 0.25) is 0 Å². The number of halogens is 1.